The monoisotopic (exact) mass is 296 g/mol. The number of benzene rings is 2. The van der Waals surface area contributed by atoms with E-state index < -0.39 is 0 Å². The third-order valence-electron chi connectivity index (χ3n) is 3.38. The Labute approximate surface area is 130 Å². The lowest BCUT2D eigenvalue weighted by atomic mass is 10.2. The highest BCUT2D eigenvalue weighted by Crippen LogP contribution is 2.32. The van der Waals surface area contributed by atoms with Gasteiger partial charge < -0.3 is 20.3 Å². The molecular formula is C17H20N4O. The van der Waals surface area contributed by atoms with Gasteiger partial charge in [0.1, 0.15) is 5.75 Å². The largest absolute Gasteiger partial charge is 0.455 e. The first-order chi connectivity index (χ1) is 10.7. The summed E-state index contributed by atoms with van der Waals surface area (Å²) in [6.45, 7) is 1.66. The minimum atomic E-state index is 0.771. The first kappa shape index (κ1) is 14.3. The van der Waals surface area contributed by atoms with E-state index in [-0.39, 0.29) is 0 Å². The molecule has 0 saturated heterocycles. The second-order valence-corrected chi connectivity index (χ2v) is 5.27. The highest BCUT2D eigenvalue weighted by molar-refractivity contribution is 5.96. The van der Waals surface area contributed by atoms with Crippen LogP contribution in [-0.4, -0.2) is 33.1 Å². The summed E-state index contributed by atoms with van der Waals surface area (Å²) in [5.74, 6) is 2.37. The molecule has 5 nitrogen and oxygen atoms in total. The quantitative estimate of drug-likeness (QED) is 0.911. The topological polar surface area (TPSA) is 48.9 Å². The second-order valence-electron chi connectivity index (χ2n) is 5.27. The van der Waals surface area contributed by atoms with Crippen molar-refractivity contribution in [3.63, 3.8) is 0 Å². The van der Waals surface area contributed by atoms with Crippen molar-refractivity contribution in [3.05, 3.63) is 48.5 Å². The minimum absolute atomic E-state index is 0.771. The van der Waals surface area contributed by atoms with Crippen molar-refractivity contribution in [2.75, 3.05) is 37.4 Å². The number of anilines is 2. The smallest absolute Gasteiger partial charge is 0.196 e. The maximum Gasteiger partial charge on any atom is 0.196 e. The maximum atomic E-state index is 5.99. The molecule has 1 heterocycles. The van der Waals surface area contributed by atoms with E-state index in [0.717, 1.165) is 41.9 Å². The van der Waals surface area contributed by atoms with E-state index in [1.807, 2.05) is 56.6 Å². The molecule has 5 heteroatoms. The van der Waals surface area contributed by atoms with Crippen molar-refractivity contribution >= 4 is 17.3 Å². The molecular weight excluding hydrogens is 276 g/mol. The number of rotatable bonds is 4. The van der Waals surface area contributed by atoms with Gasteiger partial charge in [0.15, 0.2) is 11.7 Å². The van der Waals surface area contributed by atoms with Crippen LogP contribution in [0, 0.1) is 0 Å². The third kappa shape index (κ3) is 3.31. The maximum absolute atomic E-state index is 5.99. The van der Waals surface area contributed by atoms with Gasteiger partial charge in [0, 0.05) is 26.3 Å². The van der Waals surface area contributed by atoms with Crippen LogP contribution in [0.4, 0.5) is 11.4 Å². The molecule has 0 bridgehead atoms. The van der Waals surface area contributed by atoms with Crippen molar-refractivity contribution in [2.24, 2.45) is 4.99 Å². The lowest BCUT2D eigenvalue weighted by Gasteiger charge is -2.18. The zero-order chi connectivity index (χ0) is 15.4. The Morgan fingerprint density at radius 3 is 2.64 bits per heavy atom. The molecule has 114 valence electrons. The molecule has 0 atom stereocenters. The standard InChI is InChI=1S/C17H20N4O/c1-21(2)13-8-9-16(22-14-6-4-3-5-7-14)15(12-13)20-17-18-10-11-19-17/h3-9,12H,10-11H2,1-2H3,(H2,18,19,20). The molecule has 0 fully saturated rings. The van der Waals surface area contributed by atoms with Crippen molar-refractivity contribution < 1.29 is 4.74 Å². The molecule has 0 amide bonds. The molecule has 0 unspecified atom stereocenters. The average molecular weight is 296 g/mol. The van der Waals surface area contributed by atoms with Gasteiger partial charge in [-0.15, -0.1) is 0 Å². The molecule has 0 saturated carbocycles. The molecule has 1 aliphatic heterocycles. The van der Waals surface area contributed by atoms with E-state index >= 15 is 0 Å². The van der Waals surface area contributed by atoms with E-state index in [9.17, 15) is 0 Å². The third-order valence-corrected chi connectivity index (χ3v) is 3.38. The van der Waals surface area contributed by atoms with Crippen LogP contribution in [0.5, 0.6) is 11.5 Å². The van der Waals surface area contributed by atoms with Gasteiger partial charge in [-0.2, -0.15) is 0 Å². The first-order valence-corrected chi connectivity index (χ1v) is 7.32. The SMILES string of the molecule is CN(C)c1ccc(Oc2ccccc2)c(NC2=NCCN2)c1. The van der Waals surface area contributed by atoms with E-state index in [0.29, 0.717) is 0 Å². The summed E-state index contributed by atoms with van der Waals surface area (Å²) in [6.07, 6.45) is 0. The summed E-state index contributed by atoms with van der Waals surface area (Å²) >= 11 is 0. The molecule has 0 aliphatic carbocycles. The molecule has 2 aromatic rings. The lowest BCUT2D eigenvalue weighted by Crippen LogP contribution is -2.26. The summed E-state index contributed by atoms with van der Waals surface area (Å²) < 4.78 is 5.99. The predicted octanol–water partition coefficient (Wildman–Crippen LogP) is 2.92. The van der Waals surface area contributed by atoms with Gasteiger partial charge in [-0.1, -0.05) is 18.2 Å². The Balaban J connectivity index is 1.89. The van der Waals surface area contributed by atoms with Gasteiger partial charge in [0.25, 0.3) is 0 Å². The van der Waals surface area contributed by atoms with Crippen LogP contribution in [0.3, 0.4) is 0 Å². The summed E-state index contributed by atoms with van der Waals surface area (Å²) in [6, 6.07) is 15.8. The summed E-state index contributed by atoms with van der Waals surface area (Å²) in [4.78, 5) is 6.44. The van der Waals surface area contributed by atoms with Gasteiger partial charge in [-0.05, 0) is 30.3 Å². The van der Waals surface area contributed by atoms with E-state index in [2.05, 4.69) is 26.6 Å². The second kappa shape index (κ2) is 6.39. The fourth-order valence-electron chi connectivity index (χ4n) is 2.21. The minimum Gasteiger partial charge on any atom is -0.455 e. The van der Waals surface area contributed by atoms with Crippen LogP contribution in [0.15, 0.2) is 53.5 Å². The first-order valence-electron chi connectivity index (χ1n) is 7.32. The molecule has 0 radical (unpaired) electrons. The molecule has 2 N–H and O–H groups in total. The van der Waals surface area contributed by atoms with Crippen LogP contribution in [0.1, 0.15) is 0 Å². The van der Waals surface area contributed by atoms with Crippen LogP contribution < -0.4 is 20.3 Å². The lowest BCUT2D eigenvalue weighted by molar-refractivity contribution is 0.485. The highest BCUT2D eigenvalue weighted by atomic mass is 16.5. The zero-order valence-electron chi connectivity index (χ0n) is 12.8. The number of aliphatic imine (C=N–C) groups is 1. The highest BCUT2D eigenvalue weighted by Gasteiger charge is 2.11. The number of ether oxygens (including phenoxy) is 1. The van der Waals surface area contributed by atoms with Gasteiger partial charge in [-0.3, -0.25) is 4.99 Å². The number of hydrogen-bond donors (Lipinski definition) is 2. The zero-order valence-corrected chi connectivity index (χ0v) is 12.8. The Kier molecular flexibility index (Phi) is 4.14. The van der Waals surface area contributed by atoms with Gasteiger partial charge in [-0.25, -0.2) is 0 Å². The molecule has 22 heavy (non-hydrogen) atoms. The number of nitrogens with zero attached hydrogens (tertiary/aromatic N) is 2. The van der Waals surface area contributed by atoms with Crippen LogP contribution in [0.25, 0.3) is 0 Å². The Hall–Kier alpha value is -2.69. The molecule has 0 spiro atoms. The van der Waals surface area contributed by atoms with Crippen molar-refractivity contribution in [1.29, 1.82) is 0 Å². The molecule has 2 aromatic carbocycles. The summed E-state index contributed by atoms with van der Waals surface area (Å²) in [5.41, 5.74) is 1.99. The van der Waals surface area contributed by atoms with Gasteiger partial charge >= 0.3 is 0 Å². The molecule has 1 aliphatic rings. The normalized spacial score (nSPS) is 13.3. The van der Waals surface area contributed by atoms with Crippen LogP contribution >= 0.6 is 0 Å². The molecule has 3 rings (SSSR count). The van der Waals surface area contributed by atoms with Crippen LogP contribution in [0.2, 0.25) is 0 Å². The Morgan fingerprint density at radius 1 is 1.14 bits per heavy atom. The summed E-state index contributed by atoms with van der Waals surface area (Å²) in [7, 11) is 4.03. The number of nitrogens with one attached hydrogen (secondary N) is 2. The van der Waals surface area contributed by atoms with Crippen molar-refractivity contribution in [3.8, 4) is 11.5 Å². The molecule has 0 aromatic heterocycles. The number of para-hydroxylation sites is 1. The van der Waals surface area contributed by atoms with E-state index in [1.54, 1.807) is 0 Å². The Morgan fingerprint density at radius 2 is 1.95 bits per heavy atom. The van der Waals surface area contributed by atoms with Gasteiger partial charge in [0.2, 0.25) is 0 Å². The number of hydrogen-bond acceptors (Lipinski definition) is 5. The number of guanidine groups is 1. The van der Waals surface area contributed by atoms with Crippen molar-refractivity contribution in [1.82, 2.24) is 5.32 Å². The van der Waals surface area contributed by atoms with Crippen LogP contribution in [-0.2, 0) is 0 Å². The van der Waals surface area contributed by atoms with E-state index in [1.165, 1.54) is 0 Å². The predicted molar refractivity (Wildman–Crippen MR) is 91.2 cm³/mol. The summed E-state index contributed by atoms with van der Waals surface area (Å²) in [5, 5.41) is 6.53. The van der Waals surface area contributed by atoms with Gasteiger partial charge in [0.05, 0.1) is 12.2 Å². The Bertz CT molecular complexity index is 668. The van der Waals surface area contributed by atoms with Crippen molar-refractivity contribution in [2.45, 2.75) is 0 Å². The fourth-order valence-corrected chi connectivity index (χ4v) is 2.21. The fraction of sp³-hybridized carbons (Fsp3) is 0.235. The average Bonchev–Trinajstić information content (AvgIpc) is 3.03. The van der Waals surface area contributed by atoms with E-state index in [4.69, 9.17) is 4.74 Å².